The molecule has 0 aliphatic carbocycles. The molecule has 0 amide bonds. The van der Waals surface area contributed by atoms with Crippen LogP contribution in [-0.4, -0.2) is 32.5 Å². The van der Waals surface area contributed by atoms with Crippen molar-refractivity contribution in [3.63, 3.8) is 0 Å². The average Bonchev–Trinajstić information content (AvgIpc) is 2.25. The number of hydrogen-bond donors (Lipinski definition) is 1. The second-order valence-corrected chi connectivity index (χ2v) is 9.68. The SMILES string of the molecule is CC(C)CNCC(C)(CCS(=O)(=O)C(C)C)C(C)C. The zero-order chi connectivity index (χ0) is 15.3. The van der Waals surface area contributed by atoms with Crippen LogP contribution in [0.3, 0.4) is 0 Å². The molecule has 0 fully saturated rings. The predicted molar refractivity (Wildman–Crippen MR) is 84.2 cm³/mol. The van der Waals surface area contributed by atoms with Crippen molar-refractivity contribution in [3.8, 4) is 0 Å². The minimum atomic E-state index is -2.93. The average molecular weight is 292 g/mol. The van der Waals surface area contributed by atoms with Gasteiger partial charge in [0.1, 0.15) is 0 Å². The minimum Gasteiger partial charge on any atom is -0.316 e. The van der Waals surface area contributed by atoms with Gasteiger partial charge >= 0.3 is 0 Å². The molecule has 0 aliphatic rings. The Balaban J connectivity index is 4.56. The lowest BCUT2D eigenvalue weighted by atomic mass is 9.76. The zero-order valence-electron chi connectivity index (χ0n) is 13.8. The van der Waals surface area contributed by atoms with Crippen LogP contribution in [0.5, 0.6) is 0 Å². The fraction of sp³-hybridized carbons (Fsp3) is 1.00. The van der Waals surface area contributed by atoms with Crippen molar-refractivity contribution >= 4 is 9.84 Å². The van der Waals surface area contributed by atoms with Gasteiger partial charge < -0.3 is 5.32 Å². The summed E-state index contributed by atoms with van der Waals surface area (Å²) in [5, 5.41) is 3.21. The molecule has 116 valence electrons. The van der Waals surface area contributed by atoms with Gasteiger partial charge in [-0.25, -0.2) is 8.42 Å². The molecule has 0 bridgehead atoms. The van der Waals surface area contributed by atoms with Gasteiger partial charge in [-0.3, -0.25) is 0 Å². The fourth-order valence-corrected chi connectivity index (χ4v) is 3.06. The van der Waals surface area contributed by atoms with Gasteiger partial charge in [0, 0.05) is 6.54 Å². The maximum Gasteiger partial charge on any atom is 0.152 e. The third kappa shape index (κ3) is 6.75. The lowest BCUT2D eigenvalue weighted by Crippen LogP contribution is -2.39. The molecule has 0 saturated heterocycles. The van der Waals surface area contributed by atoms with E-state index in [1.807, 2.05) is 0 Å². The van der Waals surface area contributed by atoms with Crippen LogP contribution in [0.4, 0.5) is 0 Å². The Morgan fingerprint density at radius 2 is 1.58 bits per heavy atom. The van der Waals surface area contributed by atoms with Crippen LogP contribution in [0.1, 0.15) is 54.9 Å². The highest BCUT2D eigenvalue weighted by atomic mass is 32.2. The summed E-state index contributed by atoms with van der Waals surface area (Å²) in [6.45, 7) is 16.3. The molecule has 0 aliphatic heterocycles. The molecule has 0 aromatic rings. The Bertz CT molecular complexity index is 347. The molecule has 1 N–H and O–H groups in total. The monoisotopic (exact) mass is 291 g/mol. The summed E-state index contributed by atoms with van der Waals surface area (Å²) in [5.74, 6) is 1.38. The Hall–Kier alpha value is -0.0900. The van der Waals surface area contributed by atoms with Crippen molar-refractivity contribution < 1.29 is 8.42 Å². The highest BCUT2D eigenvalue weighted by Gasteiger charge is 2.30. The van der Waals surface area contributed by atoms with Crippen LogP contribution in [0, 0.1) is 17.3 Å². The molecule has 4 heteroatoms. The van der Waals surface area contributed by atoms with Crippen molar-refractivity contribution in [3.05, 3.63) is 0 Å². The molecule has 1 atom stereocenters. The number of hydrogen-bond acceptors (Lipinski definition) is 3. The van der Waals surface area contributed by atoms with E-state index in [1.54, 1.807) is 13.8 Å². The number of rotatable bonds is 9. The molecule has 0 saturated carbocycles. The lowest BCUT2D eigenvalue weighted by Gasteiger charge is -2.34. The van der Waals surface area contributed by atoms with Crippen molar-refractivity contribution in [2.45, 2.75) is 60.1 Å². The number of nitrogens with one attached hydrogen (secondary N) is 1. The summed E-state index contributed by atoms with van der Waals surface area (Å²) in [5.41, 5.74) is 0.0385. The van der Waals surface area contributed by atoms with E-state index in [1.165, 1.54) is 0 Å². The van der Waals surface area contributed by atoms with E-state index in [0.717, 1.165) is 19.5 Å². The predicted octanol–water partition coefficient (Wildman–Crippen LogP) is 3.11. The lowest BCUT2D eigenvalue weighted by molar-refractivity contribution is 0.199. The maximum absolute atomic E-state index is 12.0. The van der Waals surface area contributed by atoms with Crippen molar-refractivity contribution in [2.75, 3.05) is 18.8 Å². The van der Waals surface area contributed by atoms with Crippen molar-refractivity contribution in [1.29, 1.82) is 0 Å². The van der Waals surface area contributed by atoms with E-state index >= 15 is 0 Å². The normalized spacial score (nSPS) is 16.3. The Kier molecular flexibility index (Phi) is 7.59. The third-order valence-corrected chi connectivity index (χ3v) is 6.36. The topological polar surface area (TPSA) is 46.2 Å². The number of sulfone groups is 1. The molecular weight excluding hydrogens is 258 g/mol. The Morgan fingerprint density at radius 1 is 1.05 bits per heavy atom. The van der Waals surface area contributed by atoms with E-state index in [9.17, 15) is 8.42 Å². The molecule has 0 heterocycles. The molecular formula is C15H33NO2S. The highest BCUT2D eigenvalue weighted by Crippen LogP contribution is 2.31. The molecule has 1 unspecified atom stereocenters. The van der Waals surface area contributed by atoms with Crippen LogP contribution in [0.2, 0.25) is 0 Å². The van der Waals surface area contributed by atoms with Crippen LogP contribution >= 0.6 is 0 Å². The Labute approximate surface area is 120 Å². The summed E-state index contributed by atoms with van der Waals surface area (Å²) in [6, 6.07) is 0. The molecule has 0 aromatic heterocycles. The first-order valence-corrected chi connectivity index (χ1v) is 9.15. The second-order valence-electron chi connectivity index (χ2n) is 7.00. The quantitative estimate of drug-likeness (QED) is 0.710. The van der Waals surface area contributed by atoms with Gasteiger partial charge in [0.2, 0.25) is 0 Å². The van der Waals surface area contributed by atoms with Gasteiger partial charge in [-0.2, -0.15) is 0 Å². The molecule has 0 radical (unpaired) electrons. The molecule has 3 nitrogen and oxygen atoms in total. The summed E-state index contributed by atoms with van der Waals surface area (Å²) >= 11 is 0. The van der Waals surface area contributed by atoms with Gasteiger partial charge in [0.25, 0.3) is 0 Å². The molecule has 0 spiro atoms. The smallest absolute Gasteiger partial charge is 0.152 e. The standard InChI is InChI=1S/C15H33NO2S/c1-12(2)10-16-11-15(7,13(3)4)8-9-19(17,18)14(5)6/h12-14,16H,8-11H2,1-7H3. The second kappa shape index (κ2) is 7.63. The zero-order valence-corrected chi connectivity index (χ0v) is 14.6. The van der Waals surface area contributed by atoms with Crippen LogP contribution in [-0.2, 0) is 9.84 Å². The fourth-order valence-electron chi connectivity index (χ4n) is 1.84. The highest BCUT2D eigenvalue weighted by molar-refractivity contribution is 7.91. The van der Waals surface area contributed by atoms with Crippen LogP contribution < -0.4 is 5.32 Å². The van der Waals surface area contributed by atoms with E-state index < -0.39 is 9.84 Å². The van der Waals surface area contributed by atoms with Crippen LogP contribution in [0.15, 0.2) is 0 Å². The van der Waals surface area contributed by atoms with E-state index in [0.29, 0.717) is 17.6 Å². The first kappa shape index (κ1) is 18.9. The van der Waals surface area contributed by atoms with Crippen LogP contribution in [0.25, 0.3) is 0 Å². The van der Waals surface area contributed by atoms with E-state index in [-0.39, 0.29) is 10.7 Å². The summed E-state index contributed by atoms with van der Waals surface area (Å²) in [4.78, 5) is 0. The summed E-state index contributed by atoms with van der Waals surface area (Å²) < 4.78 is 23.9. The van der Waals surface area contributed by atoms with E-state index in [2.05, 4.69) is 39.9 Å². The summed E-state index contributed by atoms with van der Waals surface area (Å²) in [6.07, 6.45) is 0.732. The maximum atomic E-state index is 12.0. The first-order valence-electron chi connectivity index (χ1n) is 7.43. The minimum absolute atomic E-state index is 0.0385. The molecule has 0 rings (SSSR count). The van der Waals surface area contributed by atoms with Gasteiger partial charge in [-0.15, -0.1) is 0 Å². The third-order valence-electron chi connectivity index (χ3n) is 4.15. The summed E-state index contributed by atoms with van der Waals surface area (Å²) in [7, 11) is -2.93. The molecule has 19 heavy (non-hydrogen) atoms. The van der Waals surface area contributed by atoms with E-state index in [4.69, 9.17) is 0 Å². The van der Waals surface area contributed by atoms with Crippen molar-refractivity contribution in [2.24, 2.45) is 17.3 Å². The Morgan fingerprint density at radius 3 is 1.95 bits per heavy atom. The first-order chi connectivity index (χ1) is 8.51. The van der Waals surface area contributed by atoms with Gasteiger partial charge in [-0.1, -0.05) is 34.6 Å². The van der Waals surface area contributed by atoms with Gasteiger partial charge in [0.05, 0.1) is 11.0 Å². The van der Waals surface area contributed by atoms with Gasteiger partial charge in [0.15, 0.2) is 9.84 Å². The van der Waals surface area contributed by atoms with Crippen molar-refractivity contribution in [1.82, 2.24) is 5.32 Å². The van der Waals surface area contributed by atoms with Gasteiger partial charge in [-0.05, 0) is 44.1 Å². The molecule has 0 aromatic carbocycles. The largest absolute Gasteiger partial charge is 0.316 e.